The fourth-order valence-corrected chi connectivity index (χ4v) is 2.25. The van der Waals surface area contributed by atoms with E-state index in [0.717, 1.165) is 6.07 Å². The molecule has 0 spiro atoms. The lowest BCUT2D eigenvalue weighted by atomic mass is 10.2. The maximum Gasteiger partial charge on any atom is 0.337 e. The van der Waals surface area contributed by atoms with Crippen molar-refractivity contribution in [2.75, 3.05) is 19.0 Å². The van der Waals surface area contributed by atoms with Crippen LogP contribution in [0.25, 0.3) is 0 Å². The number of hydrogen-bond acceptors (Lipinski definition) is 4. The zero-order chi connectivity index (χ0) is 17.7. The summed E-state index contributed by atoms with van der Waals surface area (Å²) in [5.74, 6) is -1.70. The van der Waals surface area contributed by atoms with Crippen LogP contribution in [0, 0.1) is 5.82 Å². The SMILES string of the molecule is COC(=O)c1ccc(F)c(NC(=O)COc2ccc(Cl)cc2Cl)c1. The Labute approximate surface area is 147 Å². The Morgan fingerprint density at radius 2 is 1.92 bits per heavy atom. The first-order valence-electron chi connectivity index (χ1n) is 6.66. The van der Waals surface area contributed by atoms with E-state index in [2.05, 4.69) is 10.1 Å². The van der Waals surface area contributed by atoms with Gasteiger partial charge in [0.15, 0.2) is 6.61 Å². The van der Waals surface area contributed by atoms with E-state index >= 15 is 0 Å². The molecule has 0 aliphatic carbocycles. The summed E-state index contributed by atoms with van der Waals surface area (Å²) in [6.07, 6.45) is 0. The minimum atomic E-state index is -0.694. The highest BCUT2D eigenvalue weighted by Gasteiger charge is 2.13. The van der Waals surface area contributed by atoms with Crippen molar-refractivity contribution in [2.45, 2.75) is 0 Å². The lowest BCUT2D eigenvalue weighted by Crippen LogP contribution is -2.21. The van der Waals surface area contributed by atoms with E-state index < -0.39 is 24.3 Å². The molecular formula is C16H12Cl2FNO4. The zero-order valence-corrected chi connectivity index (χ0v) is 13.9. The third-order valence-corrected chi connectivity index (χ3v) is 3.44. The molecule has 0 atom stereocenters. The minimum absolute atomic E-state index is 0.107. The highest BCUT2D eigenvalue weighted by Crippen LogP contribution is 2.27. The van der Waals surface area contributed by atoms with E-state index in [1.165, 1.54) is 31.4 Å². The molecule has 2 rings (SSSR count). The van der Waals surface area contributed by atoms with Crippen molar-refractivity contribution in [2.24, 2.45) is 0 Å². The molecule has 0 saturated heterocycles. The van der Waals surface area contributed by atoms with Gasteiger partial charge in [-0.25, -0.2) is 9.18 Å². The van der Waals surface area contributed by atoms with Crippen LogP contribution >= 0.6 is 23.2 Å². The molecule has 0 bridgehead atoms. The predicted molar refractivity (Wildman–Crippen MR) is 88.3 cm³/mol. The van der Waals surface area contributed by atoms with E-state index in [4.69, 9.17) is 27.9 Å². The molecule has 0 aliphatic rings. The molecule has 126 valence electrons. The van der Waals surface area contributed by atoms with Crippen LogP contribution in [0.4, 0.5) is 10.1 Å². The smallest absolute Gasteiger partial charge is 0.337 e. The Bertz CT molecular complexity index is 783. The quantitative estimate of drug-likeness (QED) is 0.808. The number of ether oxygens (including phenoxy) is 2. The molecule has 0 aromatic heterocycles. The van der Waals surface area contributed by atoms with Crippen LogP contribution in [-0.2, 0) is 9.53 Å². The van der Waals surface area contributed by atoms with Crippen LogP contribution < -0.4 is 10.1 Å². The Morgan fingerprint density at radius 1 is 1.17 bits per heavy atom. The Morgan fingerprint density at radius 3 is 2.58 bits per heavy atom. The van der Waals surface area contributed by atoms with Gasteiger partial charge in [0, 0.05) is 5.02 Å². The van der Waals surface area contributed by atoms with Gasteiger partial charge in [0.1, 0.15) is 11.6 Å². The fourth-order valence-electron chi connectivity index (χ4n) is 1.79. The first-order chi connectivity index (χ1) is 11.4. The Kier molecular flexibility index (Phi) is 6.00. The number of methoxy groups -OCH3 is 1. The summed E-state index contributed by atoms with van der Waals surface area (Å²) in [7, 11) is 1.20. The van der Waals surface area contributed by atoms with Gasteiger partial charge >= 0.3 is 5.97 Å². The van der Waals surface area contributed by atoms with E-state index in [-0.39, 0.29) is 22.0 Å². The van der Waals surface area contributed by atoms with Gasteiger partial charge in [-0.3, -0.25) is 4.79 Å². The molecule has 0 unspecified atom stereocenters. The lowest BCUT2D eigenvalue weighted by Gasteiger charge is -2.10. The van der Waals surface area contributed by atoms with Crippen LogP contribution in [0.5, 0.6) is 5.75 Å². The topological polar surface area (TPSA) is 64.6 Å². The maximum absolute atomic E-state index is 13.7. The van der Waals surface area contributed by atoms with Crippen molar-refractivity contribution in [1.82, 2.24) is 0 Å². The van der Waals surface area contributed by atoms with Gasteiger partial charge < -0.3 is 14.8 Å². The molecule has 2 aromatic rings. The molecule has 1 N–H and O–H groups in total. The average molecular weight is 372 g/mol. The Hall–Kier alpha value is -2.31. The van der Waals surface area contributed by atoms with Crippen LogP contribution in [0.3, 0.4) is 0 Å². The van der Waals surface area contributed by atoms with Crippen molar-refractivity contribution in [1.29, 1.82) is 0 Å². The number of carbonyl (C=O) groups is 2. The second kappa shape index (κ2) is 7.99. The molecule has 1 amide bonds. The van der Waals surface area contributed by atoms with Gasteiger partial charge in [-0.2, -0.15) is 0 Å². The van der Waals surface area contributed by atoms with Crippen molar-refractivity contribution >= 4 is 40.8 Å². The molecule has 0 saturated carbocycles. The number of rotatable bonds is 5. The summed E-state index contributed by atoms with van der Waals surface area (Å²) >= 11 is 11.7. The number of halogens is 3. The van der Waals surface area contributed by atoms with Crippen molar-refractivity contribution < 1.29 is 23.5 Å². The maximum atomic E-state index is 13.7. The second-order valence-corrected chi connectivity index (χ2v) is 5.44. The summed E-state index contributed by atoms with van der Waals surface area (Å²) in [5, 5.41) is 2.99. The van der Waals surface area contributed by atoms with Crippen LogP contribution in [0.1, 0.15) is 10.4 Å². The number of nitrogens with one attached hydrogen (secondary N) is 1. The zero-order valence-electron chi connectivity index (χ0n) is 12.4. The normalized spacial score (nSPS) is 10.2. The van der Waals surface area contributed by atoms with E-state index in [1.807, 2.05) is 0 Å². The molecule has 5 nitrogen and oxygen atoms in total. The van der Waals surface area contributed by atoms with Crippen molar-refractivity contribution in [3.8, 4) is 5.75 Å². The average Bonchev–Trinajstić information content (AvgIpc) is 2.55. The third kappa shape index (κ3) is 4.59. The monoisotopic (exact) mass is 371 g/mol. The predicted octanol–water partition coefficient (Wildman–Crippen LogP) is 3.94. The first-order valence-corrected chi connectivity index (χ1v) is 7.42. The molecule has 0 aliphatic heterocycles. The van der Waals surface area contributed by atoms with Gasteiger partial charge in [0.05, 0.1) is 23.4 Å². The van der Waals surface area contributed by atoms with Crippen molar-refractivity contribution in [3.05, 3.63) is 57.8 Å². The van der Waals surface area contributed by atoms with Crippen LogP contribution in [-0.4, -0.2) is 25.6 Å². The molecule has 2 aromatic carbocycles. The molecule has 24 heavy (non-hydrogen) atoms. The van der Waals surface area contributed by atoms with Crippen LogP contribution in [0.2, 0.25) is 10.0 Å². The molecule has 8 heteroatoms. The van der Waals surface area contributed by atoms with Crippen molar-refractivity contribution in [3.63, 3.8) is 0 Å². The Balaban J connectivity index is 2.03. The molecule has 0 heterocycles. The number of benzene rings is 2. The highest BCUT2D eigenvalue weighted by molar-refractivity contribution is 6.35. The number of hydrogen-bond donors (Lipinski definition) is 1. The van der Waals surface area contributed by atoms with E-state index in [0.29, 0.717) is 5.02 Å². The summed E-state index contributed by atoms with van der Waals surface area (Å²) in [5.41, 5.74) is -0.0513. The third-order valence-electron chi connectivity index (χ3n) is 2.91. The van der Waals surface area contributed by atoms with Gasteiger partial charge in [-0.05, 0) is 36.4 Å². The minimum Gasteiger partial charge on any atom is -0.482 e. The number of esters is 1. The summed E-state index contributed by atoms with van der Waals surface area (Å²) in [6.45, 7) is -0.400. The summed E-state index contributed by atoms with van der Waals surface area (Å²) in [4.78, 5) is 23.3. The molecular weight excluding hydrogens is 360 g/mol. The number of anilines is 1. The van der Waals surface area contributed by atoms with Crippen LogP contribution in [0.15, 0.2) is 36.4 Å². The van der Waals surface area contributed by atoms with Gasteiger partial charge in [0.2, 0.25) is 0 Å². The number of amides is 1. The molecule has 0 fully saturated rings. The van der Waals surface area contributed by atoms with E-state index in [1.54, 1.807) is 6.07 Å². The second-order valence-electron chi connectivity index (χ2n) is 4.60. The first kappa shape index (κ1) is 18.0. The molecule has 0 radical (unpaired) electrons. The summed E-state index contributed by atoms with van der Waals surface area (Å²) in [6, 6.07) is 8.01. The fraction of sp³-hybridized carbons (Fsp3) is 0.125. The van der Waals surface area contributed by atoms with Gasteiger partial charge in [-0.1, -0.05) is 23.2 Å². The number of carbonyl (C=O) groups excluding carboxylic acids is 2. The lowest BCUT2D eigenvalue weighted by molar-refractivity contribution is -0.118. The highest BCUT2D eigenvalue weighted by atomic mass is 35.5. The van der Waals surface area contributed by atoms with Gasteiger partial charge in [-0.15, -0.1) is 0 Å². The largest absolute Gasteiger partial charge is 0.482 e. The summed E-state index contributed by atoms with van der Waals surface area (Å²) < 4.78 is 23.5. The standard InChI is InChI=1S/C16H12Cl2FNO4/c1-23-16(22)9-2-4-12(19)13(6-9)20-15(21)8-24-14-5-3-10(17)7-11(14)18/h2-7H,8H2,1H3,(H,20,21). The van der Waals surface area contributed by atoms with E-state index in [9.17, 15) is 14.0 Å². The van der Waals surface area contributed by atoms with Gasteiger partial charge in [0.25, 0.3) is 5.91 Å².